The minimum atomic E-state index is -0.415. The molecule has 17 heavy (non-hydrogen) atoms. The van der Waals surface area contributed by atoms with Gasteiger partial charge in [0.2, 0.25) is 5.91 Å². The second-order valence-corrected chi connectivity index (χ2v) is 5.43. The number of carbonyl (C=O) groups is 1. The molecule has 1 amide bonds. The van der Waals surface area contributed by atoms with Crippen LogP contribution in [0, 0.1) is 5.92 Å². The predicted molar refractivity (Wildman–Crippen MR) is 68.5 cm³/mol. The first-order valence-corrected chi connectivity index (χ1v) is 6.73. The van der Waals surface area contributed by atoms with E-state index in [1.54, 1.807) is 4.90 Å². The molecule has 1 rings (SSSR count). The maximum atomic E-state index is 12.2. The standard InChI is InChI=1S/C13H26N2O2/c1-10(2)9-12(14)13(17)15(7-8-16)11-5-3-4-6-11/h10-12,16H,3-9,14H2,1-2H3/t12-/m0/s1. The van der Waals surface area contributed by atoms with E-state index in [1.165, 1.54) is 12.8 Å². The van der Waals surface area contributed by atoms with E-state index < -0.39 is 6.04 Å². The van der Waals surface area contributed by atoms with Crippen LogP contribution in [-0.2, 0) is 4.79 Å². The average molecular weight is 242 g/mol. The molecule has 100 valence electrons. The molecule has 0 aromatic rings. The predicted octanol–water partition coefficient (Wildman–Crippen LogP) is 1.12. The van der Waals surface area contributed by atoms with Crippen LogP contribution in [-0.4, -0.2) is 41.1 Å². The summed E-state index contributed by atoms with van der Waals surface area (Å²) in [6.45, 7) is 4.59. The van der Waals surface area contributed by atoms with E-state index in [4.69, 9.17) is 10.8 Å². The highest BCUT2D eigenvalue weighted by molar-refractivity contribution is 5.82. The Morgan fingerprint density at radius 2 is 2.00 bits per heavy atom. The maximum absolute atomic E-state index is 12.2. The zero-order valence-corrected chi connectivity index (χ0v) is 11.1. The van der Waals surface area contributed by atoms with Gasteiger partial charge in [0.15, 0.2) is 0 Å². The molecule has 0 bridgehead atoms. The van der Waals surface area contributed by atoms with E-state index in [1.807, 2.05) is 0 Å². The molecular formula is C13H26N2O2. The van der Waals surface area contributed by atoms with E-state index in [0.717, 1.165) is 12.8 Å². The van der Waals surface area contributed by atoms with Crippen LogP contribution in [0.2, 0.25) is 0 Å². The Hall–Kier alpha value is -0.610. The second-order valence-electron chi connectivity index (χ2n) is 5.43. The Morgan fingerprint density at radius 1 is 1.41 bits per heavy atom. The Labute approximate surface area is 104 Å². The lowest BCUT2D eigenvalue weighted by Gasteiger charge is -2.31. The molecule has 1 aliphatic carbocycles. The van der Waals surface area contributed by atoms with Crippen molar-refractivity contribution in [2.75, 3.05) is 13.2 Å². The molecule has 1 aliphatic rings. The monoisotopic (exact) mass is 242 g/mol. The normalized spacial score (nSPS) is 18.6. The molecule has 4 heteroatoms. The van der Waals surface area contributed by atoms with Crippen LogP contribution in [0.25, 0.3) is 0 Å². The van der Waals surface area contributed by atoms with Gasteiger partial charge < -0.3 is 15.7 Å². The molecule has 0 aliphatic heterocycles. The minimum absolute atomic E-state index is 0.0136. The first-order valence-electron chi connectivity index (χ1n) is 6.73. The molecule has 0 radical (unpaired) electrons. The first-order chi connectivity index (χ1) is 8.06. The molecule has 3 N–H and O–H groups in total. The number of hydrogen-bond donors (Lipinski definition) is 2. The summed E-state index contributed by atoms with van der Waals surface area (Å²) in [5.74, 6) is 0.438. The number of aliphatic hydroxyl groups is 1. The van der Waals surface area contributed by atoms with Gasteiger partial charge in [0.1, 0.15) is 0 Å². The third-order valence-corrected chi connectivity index (χ3v) is 3.43. The van der Waals surface area contributed by atoms with Crippen LogP contribution in [0.5, 0.6) is 0 Å². The smallest absolute Gasteiger partial charge is 0.239 e. The van der Waals surface area contributed by atoms with E-state index in [2.05, 4.69) is 13.8 Å². The summed E-state index contributed by atoms with van der Waals surface area (Å²) in [6, 6.07) is -0.116. The van der Waals surface area contributed by atoms with Gasteiger partial charge in [-0.3, -0.25) is 4.79 Å². The largest absolute Gasteiger partial charge is 0.395 e. The van der Waals surface area contributed by atoms with E-state index in [0.29, 0.717) is 24.9 Å². The van der Waals surface area contributed by atoms with Crippen molar-refractivity contribution in [3.63, 3.8) is 0 Å². The molecule has 0 aromatic heterocycles. The van der Waals surface area contributed by atoms with Crippen molar-refractivity contribution >= 4 is 5.91 Å². The van der Waals surface area contributed by atoms with Crippen LogP contribution in [0.3, 0.4) is 0 Å². The number of rotatable bonds is 6. The molecule has 0 unspecified atom stereocenters. The third-order valence-electron chi connectivity index (χ3n) is 3.43. The van der Waals surface area contributed by atoms with Crippen LogP contribution in [0.1, 0.15) is 46.0 Å². The van der Waals surface area contributed by atoms with Crippen LogP contribution >= 0.6 is 0 Å². The molecule has 1 fully saturated rings. The summed E-state index contributed by atoms with van der Waals surface area (Å²) < 4.78 is 0. The van der Waals surface area contributed by atoms with Crippen molar-refractivity contribution in [1.29, 1.82) is 0 Å². The van der Waals surface area contributed by atoms with Crippen molar-refractivity contribution in [3.8, 4) is 0 Å². The van der Waals surface area contributed by atoms with Gasteiger partial charge in [0, 0.05) is 12.6 Å². The lowest BCUT2D eigenvalue weighted by Crippen LogP contribution is -2.49. The summed E-state index contributed by atoms with van der Waals surface area (Å²) in [6.07, 6.45) is 5.19. The number of amides is 1. The average Bonchev–Trinajstić information content (AvgIpc) is 2.77. The van der Waals surface area contributed by atoms with E-state index >= 15 is 0 Å². The van der Waals surface area contributed by atoms with E-state index in [-0.39, 0.29) is 12.5 Å². The Bertz CT molecular complexity index is 238. The number of hydrogen-bond acceptors (Lipinski definition) is 3. The third kappa shape index (κ3) is 4.28. The lowest BCUT2D eigenvalue weighted by molar-refractivity contribution is -0.135. The number of nitrogens with two attached hydrogens (primary N) is 1. The zero-order valence-electron chi connectivity index (χ0n) is 11.1. The highest BCUT2D eigenvalue weighted by atomic mass is 16.3. The highest BCUT2D eigenvalue weighted by Crippen LogP contribution is 2.24. The highest BCUT2D eigenvalue weighted by Gasteiger charge is 2.29. The van der Waals surface area contributed by atoms with Crippen LogP contribution in [0.4, 0.5) is 0 Å². The molecule has 0 saturated heterocycles. The van der Waals surface area contributed by atoms with Gasteiger partial charge in [-0.15, -0.1) is 0 Å². The van der Waals surface area contributed by atoms with Crippen LogP contribution in [0.15, 0.2) is 0 Å². The molecule has 1 saturated carbocycles. The summed E-state index contributed by atoms with van der Waals surface area (Å²) in [5.41, 5.74) is 5.94. The summed E-state index contributed by atoms with van der Waals surface area (Å²) in [7, 11) is 0. The number of aliphatic hydroxyl groups excluding tert-OH is 1. The van der Waals surface area contributed by atoms with E-state index in [9.17, 15) is 4.79 Å². The second kappa shape index (κ2) is 6.97. The fraction of sp³-hybridized carbons (Fsp3) is 0.923. The molecule has 4 nitrogen and oxygen atoms in total. The Morgan fingerprint density at radius 3 is 2.47 bits per heavy atom. The van der Waals surface area contributed by atoms with Crippen molar-refractivity contribution in [3.05, 3.63) is 0 Å². The quantitative estimate of drug-likeness (QED) is 0.733. The molecular weight excluding hydrogens is 216 g/mol. The van der Waals surface area contributed by atoms with Gasteiger partial charge >= 0.3 is 0 Å². The summed E-state index contributed by atoms with van der Waals surface area (Å²) in [5, 5.41) is 9.07. The Kier molecular flexibility index (Phi) is 5.92. The number of carbonyl (C=O) groups excluding carboxylic acids is 1. The first kappa shape index (κ1) is 14.5. The molecule has 1 atom stereocenters. The van der Waals surface area contributed by atoms with Crippen LogP contribution < -0.4 is 5.73 Å². The molecule has 0 aromatic carbocycles. The van der Waals surface area contributed by atoms with Gasteiger partial charge in [0.05, 0.1) is 12.6 Å². The van der Waals surface area contributed by atoms with Crippen molar-refractivity contribution < 1.29 is 9.90 Å². The topological polar surface area (TPSA) is 66.6 Å². The summed E-state index contributed by atoms with van der Waals surface area (Å²) >= 11 is 0. The van der Waals surface area contributed by atoms with Gasteiger partial charge in [-0.2, -0.15) is 0 Å². The molecule has 0 heterocycles. The number of nitrogens with zero attached hydrogens (tertiary/aromatic N) is 1. The van der Waals surface area contributed by atoms with Crippen molar-refractivity contribution in [1.82, 2.24) is 4.90 Å². The SMILES string of the molecule is CC(C)C[C@H](N)C(=O)N(CCO)C1CCCC1. The fourth-order valence-corrected chi connectivity index (χ4v) is 2.62. The van der Waals surface area contributed by atoms with Crippen molar-refractivity contribution in [2.45, 2.75) is 58.0 Å². The fourth-order valence-electron chi connectivity index (χ4n) is 2.62. The minimum Gasteiger partial charge on any atom is -0.395 e. The lowest BCUT2D eigenvalue weighted by atomic mass is 10.0. The van der Waals surface area contributed by atoms with Gasteiger partial charge in [-0.1, -0.05) is 26.7 Å². The molecule has 0 spiro atoms. The van der Waals surface area contributed by atoms with Gasteiger partial charge in [-0.25, -0.2) is 0 Å². The van der Waals surface area contributed by atoms with Crippen molar-refractivity contribution in [2.24, 2.45) is 11.7 Å². The van der Waals surface area contributed by atoms with Gasteiger partial charge in [-0.05, 0) is 25.2 Å². The summed E-state index contributed by atoms with van der Waals surface area (Å²) in [4.78, 5) is 14.1. The Balaban J connectivity index is 2.58. The zero-order chi connectivity index (χ0) is 12.8. The van der Waals surface area contributed by atoms with Gasteiger partial charge in [0.25, 0.3) is 0 Å². The maximum Gasteiger partial charge on any atom is 0.239 e.